The van der Waals surface area contributed by atoms with Crippen molar-refractivity contribution >= 4 is 45.7 Å². The summed E-state index contributed by atoms with van der Waals surface area (Å²) in [5.41, 5.74) is 5.64. The Morgan fingerprint density at radius 3 is 2.27 bits per heavy atom. The fraction of sp³-hybridized carbons (Fsp3) is 0.0690. The third kappa shape index (κ3) is 7.05. The molecule has 0 atom stereocenters. The van der Waals surface area contributed by atoms with Gasteiger partial charge in [0.2, 0.25) is 0 Å². The highest BCUT2D eigenvalue weighted by Crippen LogP contribution is 2.23. The van der Waals surface area contributed by atoms with Gasteiger partial charge in [-0.25, -0.2) is 5.43 Å². The summed E-state index contributed by atoms with van der Waals surface area (Å²) in [4.78, 5) is 27.7. The number of rotatable bonds is 8. The average Bonchev–Trinajstić information content (AvgIpc) is 3.38. The predicted octanol–water partition coefficient (Wildman–Crippen LogP) is 5.70. The van der Waals surface area contributed by atoms with Crippen LogP contribution in [0, 0.1) is 0 Å². The molecule has 0 fully saturated rings. The van der Waals surface area contributed by atoms with E-state index in [1.54, 1.807) is 36.4 Å². The summed E-state index contributed by atoms with van der Waals surface area (Å²) in [6.45, 7) is 0. The molecule has 0 saturated carbocycles. The fourth-order valence-electron chi connectivity index (χ4n) is 3.38. The number of halogens is 1. The lowest BCUT2D eigenvalue weighted by atomic mass is 10.1. The Kier molecular flexibility index (Phi) is 8.33. The monoisotopic (exact) mass is 556 g/mol. The Balaban J connectivity index is 1.50. The molecule has 0 radical (unpaired) electrons. The van der Waals surface area contributed by atoms with Gasteiger partial charge in [0.15, 0.2) is 0 Å². The zero-order valence-corrected chi connectivity index (χ0v) is 21.9. The van der Waals surface area contributed by atoms with Crippen molar-refractivity contribution in [1.82, 2.24) is 10.7 Å². The zero-order valence-electron chi connectivity index (χ0n) is 20.3. The summed E-state index contributed by atoms with van der Waals surface area (Å²) < 4.78 is 6.77. The molecule has 0 spiro atoms. The SMILES string of the molecule is CN(C)c1ccc(/C=C(\NC(=O)c2ccccc2)C(=O)N/N=C\c2ccc(-c3ccc(Br)cc3)o2)cc1. The Hall–Kier alpha value is -4.43. The highest BCUT2D eigenvalue weighted by atomic mass is 79.9. The molecule has 0 bridgehead atoms. The lowest BCUT2D eigenvalue weighted by Crippen LogP contribution is -2.32. The van der Waals surface area contributed by atoms with Crippen molar-refractivity contribution in [3.8, 4) is 11.3 Å². The van der Waals surface area contributed by atoms with E-state index < -0.39 is 11.8 Å². The molecule has 0 aliphatic carbocycles. The van der Waals surface area contributed by atoms with Crippen LogP contribution in [0.2, 0.25) is 0 Å². The largest absolute Gasteiger partial charge is 0.455 e. The number of furan rings is 1. The standard InChI is InChI=1S/C29H25BrN4O3/c1-34(2)24-14-8-20(9-15-24)18-26(32-28(35)22-6-4-3-5-7-22)29(36)33-31-19-25-16-17-27(37-25)21-10-12-23(30)13-11-21/h3-19H,1-2H3,(H,32,35)(H,33,36)/b26-18-,31-19-. The Morgan fingerprint density at radius 2 is 1.59 bits per heavy atom. The molecule has 1 aromatic heterocycles. The van der Waals surface area contributed by atoms with Gasteiger partial charge >= 0.3 is 0 Å². The van der Waals surface area contributed by atoms with E-state index >= 15 is 0 Å². The second-order valence-corrected chi connectivity index (χ2v) is 9.19. The highest BCUT2D eigenvalue weighted by molar-refractivity contribution is 9.10. The topological polar surface area (TPSA) is 86.9 Å². The molecule has 0 saturated heterocycles. The Bertz CT molecular complexity index is 1420. The molecule has 0 unspecified atom stereocenters. The summed E-state index contributed by atoms with van der Waals surface area (Å²) in [6.07, 6.45) is 3.01. The van der Waals surface area contributed by atoms with E-state index in [1.807, 2.05) is 79.7 Å². The van der Waals surface area contributed by atoms with E-state index in [0.717, 1.165) is 21.3 Å². The van der Waals surface area contributed by atoms with Crippen LogP contribution in [-0.4, -0.2) is 32.1 Å². The number of carbonyl (C=O) groups is 2. The van der Waals surface area contributed by atoms with Gasteiger partial charge in [-0.1, -0.05) is 58.4 Å². The van der Waals surface area contributed by atoms with Crippen molar-refractivity contribution in [2.45, 2.75) is 0 Å². The second kappa shape index (κ2) is 12.0. The molecule has 37 heavy (non-hydrogen) atoms. The molecule has 4 rings (SSSR count). The fourth-order valence-corrected chi connectivity index (χ4v) is 3.65. The van der Waals surface area contributed by atoms with Gasteiger partial charge in [0.25, 0.3) is 11.8 Å². The number of nitrogens with zero attached hydrogens (tertiary/aromatic N) is 2. The molecule has 2 amide bonds. The third-order valence-corrected chi connectivity index (χ3v) is 5.89. The smallest absolute Gasteiger partial charge is 0.287 e. The van der Waals surface area contributed by atoms with Crippen LogP contribution in [0.4, 0.5) is 5.69 Å². The summed E-state index contributed by atoms with van der Waals surface area (Å²) in [5.74, 6) is 0.173. The Morgan fingerprint density at radius 1 is 0.892 bits per heavy atom. The van der Waals surface area contributed by atoms with E-state index in [2.05, 4.69) is 31.8 Å². The van der Waals surface area contributed by atoms with Gasteiger partial charge in [0.1, 0.15) is 17.2 Å². The summed E-state index contributed by atoms with van der Waals surface area (Å²) >= 11 is 3.42. The maximum Gasteiger partial charge on any atom is 0.287 e. The van der Waals surface area contributed by atoms with Gasteiger partial charge < -0.3 is 14.6 Å². The van der Waals surface area contributed by atoms with Gasteiger partial charge in [0.05, 0.1) is 6.21 Å². The van der Waals surface area contributed by atoms with Crippen molar-refractivity contribution in [3.05, 3.63) is 118 Å². The summed E-state index contributed by atoms with van der Waals surface area (Å²) in [5, 5.41) is 6.71. The molecule has 7 nitrogen and oxygen atoms in total. The summed E-state index contributed by atoms with van der Waals surface area (Å²) in [6, 6.07) is 27.6. The van der Waals surface area contributed by atoms with Gasteiger partial charge in [-0.05, 0) is 60.2 Å². The number of anilines is 1. The first-order valence-corrected chi connectivity index (χ1v) is 12.2. The number of hydrazone groups is 1. The molecule has 1 heterocycles. The number of hydrogen-bond acceptors (Lipinski definition) is 5. The normalized spacial score (nSPS) is 11.4. The molecule has 3 aromatic carbocycles. The van der Waals surface area contributed by atoms with Crippen molar-refractivity contribution in [2.75, 3.05) is 19.0 Å². The van der Waals surface area contributed by atoms with E-state index in [9.17, 15) is 9.59 Å². The van der Waals surface area contributed by atoms with Crippen LogP contribution >= 0.6 is 15.9 Å². The van der Waals surface area contributed by atoms with Crippen LogP contribution in [0.5, 0.6) is 0 Å². The van der Waals surface area contributed by atoms with Crippen LogP contribution in [0.3, 0.4) is 0 Å². The minimum Gasteiger partial charge on any atom is -0.455 e. The maximum absolute atomic E-state index is 13.0. The van der Waals surface area contributed by atoms with Gasteiger partial charge in [0, 0.05) is 35.4 Å². The van der Waals surface area contributed by atoms with Crippen LogP contribution in [0.15, 0.2) is 111 Å². The first-order chi connectivity index (χ1) is 17.9. The lowest BCUT2D eigenvalue weighted by molar-refractivity contribution is -0.117. The van der Waals surface area contributed by atoms with Gasteiger partial charge in [-0.3, -0.25) is 9.59 Å². The van der Waals surface area contributed by atoms with Crippen LogP contribution in [0.1, 0.15) is 21.7 Å². The number of nitrogens with one attached hydrogen (secondary N) is 2. The van der Waals surface area contributed by atoms with Gasteiger partial charge in [-0.2, -0.15) is 5.10 Å². The van der Waals surface area contributed by atoms with Crippen molar-refractivity contribution in [2.24, 2.45) is 5.10 Å². The predicted molar refractivity (Wildman–Crippen MR) is 150 cm³/mol. The molecule has 0 aliphatic heterocycles. The lowest BCUT2D eigenvalue weighted by Gasteiger charge is -2.12. The van der Waals surface area contributed by atoms with Crippen LogP contribution in [-0.2, 0) is 4.79 Å². The minimum atomic E-state index is -0.572. The van der Waals surface area contributed by atoms with E-state index in [1.165, 1.54) is 6.21 Å². The molecule has 0 aliphatic rings. The van der Waals surface area contributed by atoms with Crippen LogP contribution < -0.4 is 15.6 Å². The van der Waals surface area contributed by atoms with Gasteiger partial charge in [-0.15, -0.1) is 0 Å². The number of benzene rings is 3. The molecule has 4 aromatic rings. The van der Waals surface area contributed by atoms with E-state index in [4.69, 9.17) is 4.42 Å². The minimum absolute atomic E-state index is 0.0543. The number of hydrogen-bond donors (Lipinski definition) is 2. The molecular weight excluding hydrogens is 532 g/mol. The molecule has 186 valence electrons. The molecule has 8 heteroatoms. The van der Waals surface area contributed by atoms with Crippen molar-refractivity contribution < 1.29 is 14.0 Å². The highest BCUT2D eigenvalue weighted by Gasteiger charge is 2.14. The van der Waals surface area contributed by atoms with Crippen LogP contribution in [0.25, 0.3) is 17.4 Å². The summed E-state index contributed by atoms with van der Waals surface area (Å²) in [7, 11) is 3.89. The molecular formula is C29H25BrN4O3. The number of amides is 2. The zero-order chi connectivity index (χ0) is 26.2. The van der Waals surface area contributed by atoms with E-state index in [0.29, 0.717) is 17.1 Å². The average molecular weight is 557 g/mol. The third-order valence-electron chi connectivity index (χ3n) is 5.36. The second-order valence-electron chi connectivity index (χ2n) is 8.27. The first-order valence-electron chi connectivity index (χ1n) is 11.4. The maximum atomic E-state index is 13.0. The quantitative estimate of drug-likeness (QED) is 0.166. The Labute approximate surface area is 223 Å². The first kappa shape index (κ1) is 25.7. The van der Waals surface area contributed by atoms with E-state index in [-0.39, 0.29) is 5.70 Å². The molecule has 2 N–H and O–H groups in total. The number of carbonyl (C=O) groups excluding carboxylic acids is 2. The van der Waals surface area contributed by atoms with Crippen molar-refractivity contribution in [1.29, 1.82) is 0 Å². The van der Waals surface area contributed by atoms with Crippen molar-refractivity contribution in [3.63, 3.8) is 0 Å².